The summed E-state index contributed by atoms with van der Waals surface area (Å²) in [5.74, 6) is -0.280. The molecule has 0 aromatic heterocycles. The summed E-state index contributed by atoms with van der Waals surface area (Å²) < 4.78 is 12.8. The number of anilines is 2. The van der Waals surface area contributed by atoms with Gasteiger partial charge in [-0.1, -0.05) is 13.3 Å². The van der Waals surface area contributed by atoms with Gasteiger partial charge in [0.05, 0.1) is 11.4 Å². The molecule has 0 aliphatic heterocycles. The summed E-state index contributed by atoms with van der Waals surface area (Å²) in [5, 5.41) is 3.34. The Kier molecular flexibility index (Phi) is 3.03. The van der Waals surface area contributed by atoms with Gasteiger partial charge in [0.25, 0.3) is 0 Å². The van der Waals surface area contributed by atoms with Gasteiger partial charge >= 0.3 is 0 Å². The zero-order valence-electron chi connectivity index (χ0n) is 9.72. The predicted octanol–water partition coefficient (Wildman–Crippen LogP) is 3.40. The fourth-order valence-corrected chi connectivity index (χ4v) is 2.20. The van der Waals surface area contributed by atoms with E-state index in [0.717, 1.165) is 12.2 Å². The number of nitrogen functional groups attached to an aromatic ring is 1. The van der Waals surface area contributed by atoms with E-state index in [9.17, 15) is 4.39 Å². The van der Waals surface area contributed by atoms with E-state index in [1.165, 1.54) is 37.8 Å². The van der Waals surface area contributed by atoms with Gasteiger partial charge in [0.1, 0.15) is 5.82 Å². The first-order chi connectivity index (χ1) is 7.65. The smallest absolute Gasteiger partial charge is 0.125 e. The van der Waals surface area contributed by atoms with E-state index in [1.807, 2.05) is 0 Å². The van der Waals surface area contributed by atoms with Crippen molar-refractivity contribution in [3.05, 3.63) is 24.0 Å². The fourth-order valence-electron chi connectivity index (χ4n) is 2.20. The number of hydrogen-bond acceptors (Lipinski definition) is 2. The van der Waals surface area contributed by atoms with E-state index in [2.05, 4.69) is 12.2 Å². The molecule has 0 amide bonds. The average molecular weight is 222 g/mol. The van der Waals surface area contributed by atoms with Crippen molar-refractivity contribution in [2.75, 3.05) is 17.6 Å². The van der Waals surface area contributed by atoms with E-state index in [4.69, 9.17) is 5.73 Å². The first-order valence-corrected chi connectivity index (χ1v) is 5.94. The van der Waals surface area contributed by atoms with Gasteiger partial charge in [0.15, 0.2) is 0 Å². The highest BCUT2D eigenvalue weighted by molar-refractivity contribution is 5.65. The molecule has 1 aliphatic carbocycles. The molecule has 0 unspecified atom stereocenters. The van der Waals surface area contributed by atoms with Crippen molar-refractivity contribution in [3.63, 3.8) is 0 Å². The molecular formula is C13H19FN2. The first-order valence-electron chi connectivity index (χ1n) is 5.94. The maximum atomic E-state index is 12.8. The van der Waals surface area contributed by atoms with Gasteiger partial charge in [0.2, 0.25) is 0 Å². The van der Waals surface area contributed by atoms with Crippen molar-refractivity contribution in [1.82, 2.24) is 0 Å². The second-order valence-electron chi connectivity index (χ2n) is 4.84. The molecule has 1 saturated carbocycles. The SMILES string of the molecule is CCCC1(CNc2ccc(F)cc2N)CC1. The molecule has 1 aromatic carbocycles. The number of rotatable bonds is 5. The average Bonchev–Trinajstić information content (AvgIpc) is 2.98. The van der Waals surface area contributed by atoms with E-state index in [0.29, 0.717) is 11.1 Å². The summed E-state index contributed by atoms with van der Waals surface area (Å²) in [6.07, 6.45) is 5.09. The topological polar surface area (TPSA) is 38.0 Å². The van der Waals surface area contributed by atoms with Crippen LogP contribution in [0.3, 0.4) is 0 Å². The molecular weight excluding hydrogens is 203 g/mol. The molecule has 0 heterocycles. The molecule has 2 rings (SSSR count). The summed E-state index contributed by atoms with van der Waals surface area (Å²) in [6, 6.07) is 4.52. The van der Waals surface area contributed by atoms with Crippen molar-refractivity contribution in [1.29, 1.82) is 0 Å². The van der Waals surface area contributed by atoms with Gasteiger partial charge in [0, 0.05) is 6.54 Å². The molecule has 1 fully saturated rings. The third kappa shape index (κ3) is 2.46. The summed E-state index contributed by atoms with van der Waals surface area (Å²) >= 11 is 0. The number of nitrogens with two attached hydrogens (primary N) is 1. The lowest BCUT2D eigenvalue weighted by atomic mass is 10.0. The van der Waals surface area contributed by atoms with Crippen molar-refractivity contribution < 1.29 is 4.39 Å². The molecule has 0 saturated heterocycles. The quantitative estimate of drug-likeness (QED) is 0.749. The highest BCUT2D eigenvalue weighted by atomic mass is 19.1. The predicted molar refractivity (Wildman–Crippen MR) is 65.9 cm³/mol. The lowest BCUT2D eigenvalue weighted by Crippen LogP contribution is -2.16. The standard InChI is InChI=1S/C13H19FN2/c1-2-5-13(6-7-13)9-16-12-4-3-10(14)8-11(12)15/h3-4,8,16H,2,5-7,9,15H2,1H3. The maximum Gasteiger partial charge on any atom is 0.125 e. The lowest BCUT2D eigenvalue weighted by molar-refractivity contribution is 0.486. The normalized spacial score (nSPS) is 17.1. The fraction of sp³-hybridized carbons (Fsp3) is 0.538. The Hall–Kier alpha value is -1.25. The summed E-state index contributed by atoms with van der Waals surface area (Å²) in [4.78, 5) is 0. The minimum Gasteiger partial charge on any atom is -0.397 e. The van der Waals surface area contributed by atoms with Crippen LogP contribution in [-0.4, -0.2) is 6.54 Å². The zero-order chi connectivity index (χ0) is 11.6. The minimum atomic E-state index is -0.280. The minimum absolute atomic E-state index is 0.280. The third-order valence-corrected chi connectivity index (χ3v) is 3.40. The van der Waals surface area contributed by atoms with E-state index in [-0.39, 0.29) is 5.82 Å². The molecule has 2 nitrogen and oxygen atoms in total. The van der Waals surface area contributed by atoms with Crippen molar-refractivity contribution >= 4 is 11.4 Å². The number of halogens is 1. The molecule has 16 heavy (non-hydrogen) atoms. The molecule has 0 radical (unpaired) electrons. The third-order valence-electron chi connectivity index (χ3n) is 3.40. The molecule has 0 atom stereocenters. The van der Waals surface area contributed by atoms with Crippen LogP contribution < -0.4 is 11.1 Å². The van der Waals surface area contributed by atoms with Crippen LogP contribution >= 0.6 is 0 Å². The molecule has 1 aromatic rings. The Morgan fingerprint density at radius 3 is 2.75 bits per heavy atom. The zero-order valence-corrected chi connectivity index (χ0v) is 9.72. The number of hydrogen-bond donors (Lipinski definition) is 2. The number of nitrogens with one attached hydrogen (secondary N) is 1. The second-order valence-corrected chi connectivity index (χ2v) is 4.84. The Bertz CT molecular complexity index is 372. The van der Waals surface area contributed by atoms with Crippen LogP contribution in [0.1, 0.15) is 32.6 Å². The molecule has 88 valence electrons. The van der Waals surface area contributed by atoms with Crippen LogP contribution in [0, 0.1) is 11.2 Å². The van der Waals surface area contributed by atoms with E-state index < -0.39 is 0 Å². The number of benzene rings is 1. The van der Waals surface area contributed by atoms with Gasteiger partial charge in [-0.25, -0.2) is 4.39 Å². The summed E-state index contributed by atoms with van der Waals surface area (Å²) in [5.41, 5.74) is 7.57. The highest BCUT2D eigenvalue weighted by Gasteiger charge is 2.41. The largest absolute Gasteiger partial charge is 0.397 e. The summed E-state index contributed by atoms with van der Waals surface area (Å²) in [6.45, 7) is 3.17. The maximum absolute atomic E-state index is 12.8. The van der Waals surface area contributed by atoms with Crippen LogP contribution in [0.15, 0.2) is 18.2 Å². The van der Waals surface area contributed by atoms with Gasteiger partial charge in [-0.2, -0.15) is 0 Å². The molecule has 3 heteroatoms. The van der Waals surface area contributed by atoms with Crippen LogP contribution in [0.5, 0.6) is 0 Å². The van der Waals surface area contributed by atoms with Crippen LogP contribution in [0.25, 0.3) is 0 Å². The summed E-state index contributed by atoms with van der Waals surface area (Å²) in [7, 11) is 0. The first kappa shape index (κ1) is 11.2. The molecule has 1 aliphatic rings. The van der Waals surface area contributed by atoms with Crippen LogP contribution in [0.2, 0.25) is 0 Å². The Labute approximate surface area is 96.0 Å². The molecule has 3 N–H and O–H groups in total. The van der Waals surface area contributed by atoms with Crippen molar-refractivity contribution in [2.24, 2.45) is 5.41 Å². The van der Waals surface area contributed by atoms with E-state index in [1.54, 1.807) is 6.07 Å². The Balaban J connectivity index is 1.94. The lowest BCUT2D eigenvalue weighted by Gasteiger charge is -2.16. The van der Waals surface area contributed by atoms with Gasteiger partial charge in [-0.05, 0) is 42.9 Å². The second kappa shape index (κ2) is 4.32. The van der Waals surface area contributed by atoms with Crippen molar-refractivity contribution in [3.8, 4) is 0 Å². The van der Waals surface area contributed by atoms with Gasteiger partial charge < -0.3 is 11.1 Å². The van der Waals surface area contributed by atoms with Crippen LogP contribution in [0.4, 0.5) is 15.8 Å². The van der Waals surface area contributed by atoms with E-state index >= 15 is 0 Å². The highest BCUT2D eigenvalue weighted by Crippen LogP contribution is 2.49. The monoisotopic (exact) mass is 222 g/mol. The Morgan fingerprint density at radius 2 is 2.19 bits per heavy atom. The van der Waals surface area contributed by atoms with Crippen LogP contribution in [-0.2, 0) is 0 Å². The van der Waals surface area contributed by atoms with Crippen molar-refractivity contribution in [2.45, 2.75) is 32.6 Å². The molecule has 0 bridgehead atoms. The van der Waals surface area contributed by atoms with Gasteiger partial charge in [-0.15, -0.1) is 0 Å². The Morgan fingerprint density at radius 1 is 1.44 bits per heavy atom. The van der Waals surface area contributed by atoms with Gasteiger partial charge in [-0.3, -0.25) is 0 Å². The molecule has 0 spiro atoms.